The number of carbonyl (C=O) groups is 5. The van der Waals surface area contributed by atoms with E-state index < -0.39 is 29.7 Å². The predicted molar refractivity (Wildman–Crippen MR) is 199 cm³/mol. The van der Waals surface area contributed by atoms with Crippen molar-refractivity contribution in [3.63, 3.8) is 0 Å². The fourth-order valence-corrected chi connectivity index (χ4v) is 8.26. The lowest BCUT2D eigenvalue weighted by atomic mass is 9.90. The van der Waals surface area contributed by atoms with Crippen LogP contribution in [0, 0.1) is 5.92 Å². The molecule has 3 aromatic rings. The van der Waals surface area contributed by atoms with Crippen molar-refractivity contribution < 1.29 is 24.0 Å². The molecule has 2 N–H and O–H groups in total. The summed E-state index contributed by atoms with van der Waals surface area (Å²) < 4.78 is 1.91. The van der Waals surface area contributed by atoms with E-state index in [1.165, 1.54) is 0 Å². The Morgan fingerprint density at radius 2 is 1.85 bits per heavy atom. The normalized spacial score (nSPS) is 23.9. The number of pyridine rings is 1. The number of benzene rings is 1. The average Bonchev–Trinajstić information content (AvgIpc) is 3.95. The maximum atomic E-state index is 14.2. The van der Waals surface area contributed by atoms with E-state index in [0.29, 0.717) is 61.8 Å². The fraction of sp³-hybridized carbons (Fsp3) is 0.447. The van der Waals surface area contributed by atoms with Crippen molar-refractivity contribution in [3.05, 3.63) is 65.5 Å². The summed E-state index contributed by atoms with van der Waals surface area (Å²) in [5.41, 5.74) is 2.34. The number of nitrogens with zero attached hydrogens (tertiary/aromatic N) is 9. The molecule has 3 saturated heterocycles. The van der Waals surface area contributed by atoms with Gasteiger partial charge in [0.05, 0.1) is 17.2 Å². The van der Waals surface area contributed by atoms with Gasteiger partial charge in [0, 0.05) is 68.9 Å². The van der Waals surface area contributed by atoms with Gasteiger partial charge in [-0.3, -0.25) is 44.1 Å². The van der Waals surface area contributed by atoms with Crippen LogP contribution < -0.4 is 15.5 Å². The molecular weight excluding hydrogens is 690 g/mol. The van der Waals surface area contributed by atoms with Crippen LogP contribution in [-0.4, -0.2) is 128 Å². The Morgan fingerprint density at radius 1 is 1.02 bits per heavy atom. The quantitative estimate of drug-likeness (QED) is 0.291. The van der Waals surface area contributed by atoms with Crippen molar-refractivity contribution in [2.75, 3.05) is 50.0 Å². The predicted octanol–water partition coefficient (Wildman–Crippen LogP) is 1.96. The molecule has 3 unspecified atom stereocenters. The van der Waals surface area contributed by atoms with E-state index in [9.17, 15) is 24.0 Å². The highest BCUT2D eigenvalue weighted by atomic mass is 16.2. The molecule has 0 aliphatic carbocycles. The molecule has 16 nitrogen and oxygen atoms in total. The van der Waals surface area contributed by atoms with E-state index in [0.717, 1.165) is 35.7 Å². The summed E-state index contributed by atoms with van der Waals surface area (Å²) in [7, 11) is 2.01. The van der Waals surface area contributed by atoms with Gasteiger partial charge in [0.2, 0.25) is 11.8 Å². The van der Waals surface area contributed by atoms with E-state index >= 15 is 0 Å². The smallest absolute Gasteiger partial charge is 0.264 e. The summed E-state index contributed by atoms with van der Waals surface area (Å²) >= 11 is 0. The monoisotopic (exact) mass is 733 g/mol. The highest BCUT2D eigenvalue weighted by Gasteiger charge is 2.46. The molecule has 5 aliphatic rings. The number of dihydropyridines is 1. The number of piperidine rings is 1. The number of carbonyl (C=O) groups excluding carboxylic acids is 5. The van der Waals surface area contributed by atoms with Gasteiger partial charge in [-0.1, -0.05) is 12.1 Å². The standard InChI is InChI=1S/C38H43N11O5/c1-4-46-21-40-44-34(46)27-11-6-12-30(41-27)48-19-25-24(36(48)52)18-31(47-16-7-8-22(47)2)42-28(25)20-45(3)17-15-39-26-10-5-9-23-33(26)38(54)49(37(23)53)29-13-14-32(50)43-35(29)51/h5-6,9-12,18,21-22,25,28-29,39H,4,7-8,13-17,19-20H2,1-3H3,(H,43,50,51)/t22-,25?,28?,29?/m1/s1. The maximum absolute atomic E-state index is 14.2. The molecule has 8 rings (SSSR count). The van der Waals surface area contributed by atoms with E-state index in [4.69, 9.17) is 9.98 Å². The van der Waals surface area contributed by atoms with Gasteiger partial charge in [-0.25, -0.2) is 4.98 Å². The number of aryl methyl sites for hydroxylation is 1. The summed E-state index contributed by atoms with van der Waals surface area (Å²) in [6.07, 6.45) is 5.95. The van der Waals surface area contributed by atoms with Crippen molar-refractivity contribution in [2.45, 2.75) is 64.2 Å². The second kappa shape index (κ2) is 14.2. The number of hydrogen-bond acceptors (Lipinski definition) is 12. The van der Waals surface area contributed by atoms with Gasteiger partial charge in [0.25, 0.3) is 17.7 Å². The highest BCUT2D eigenvalue weighted by molar-refractivity contribution is 6.25. The Hall–Kier alpha value is -5.77. The van der Waals surface area contributed by atoms with Crippen molar-refractivity contribution in [1.29, 1.82) is 0 Å². The minimum absolute atomic E-state index is 0.0587. The zero-order chi connectivity index (χ0) is 37.7. The molecule has 0 saturated carbocycles. The number of aromatic nitrogens is 4. The average molecular weight is 734 g/mol. The Kier molecular flexibility index (Phi) is 9.29. The SMILES string of the molecule is CCn1cnnc1-c1cccc(N2CC3C(=CC(N4CCC[C@H]4C)=NC3CN(C)CCNc3cccc4c3C(=O)N(C3CCC(=O)NC3=O)C4=O)C2=O)n1. The molecule has 0 bridgehead atoms. The molecule has 0 spiro atoms. The number of likely N-dealkylation sites (tertiary alicyclic amines) is 1. The number of nitrogens with one attached hydrogen (secondary N) is 2. The summed E-state index contributed by atoms with van der Waals surface area (Å²) in [6.45, 7) is 7.86. The van der Waals surface area contributed by atoms with E-state index in [1.54, 1.807) is 29.4 Å². The molecule has 54 heavy (non-hydrogen) atoms. The molecule has 5 aliphatic heterocycles. The summed E-state index contributed by atoms with van der Waals surface area (Å²) in [4.78, 5) is 82.6. The van der Waals surface area contributed by atoms with Crippen molar-refractivity contribution in [1.82, 2.24) is 39.8 Å². The van der Waals surface area contributed by atoms with Gasteiger partial charge < -0.3 is 19.7 Å². The van der Waals surface area contributed by atoms with Crippen LogP contribution in [0.15, 0.2) is 59.4 Å². The second-order valence-corrected chi connectivity index (χ2v) is 14.5. The number of hydrogen-bond donors (Lipinski definition) is 2. The largest absolute Gasteiger partial charge is 0.383 e. The third-order valence-electron chi connectivity index (χ3n) is 11.1. The first-order valence-corrected chi connectivity index (χ1v) is 18.6. The Morgan fingerprint density at radius 3 is 2.63 bits per heavy atom. The van der Waals surface area contributed by atoms with Gasteiger partial charge in [0.1, 0.15) is 29.7 Å². The second-order valence-electron chi connectivity index (χ2n) is 14.5. The number of amides is 5. The number of rotatable bonds is 10. The number of imide groups is 2. The van der Waals surface area contributed by atoms with Crippen LogP contribution in [0.3, 0.4) is 0 Å². The fourth-order valence-electron chi connectivity index (χ4n) is 8.26. The Bertz CT molecular complexity index is 2110. The topological polar surface area (TPSA) is 178 Å². The lowest BCUT2D eigenvalue weighted by molar-refractivity contribution is -0.136. The number of fused-ring (bicyclic) bond motifs is 2. The molecule has 4 atom stereocenters. The van der Waals surface area contributed by atoms with Gasteiger partial charge in [-0.15, -0.1) is 10.2 Å². The number of amidine groups is 1. The van der Waals surface area contributed by atoms with Gasteiger partial charge >= 0.3 is 0 Å². The van der Waals surface area contributed by atoms with Crippen LogP contribution in [-0.2, 0) is 20.9 Å². The van der Waals surface area contributed by atoms with Gasteiger partial charge in [-0.05, 0) is 70.5 Å². The van der Waals surface area contributed by atoms with Crippen LogP contribution in [0.5, 0.6) is 0 Å². The molecule has 2 aromatic heterocycles. The van der Waals surface area contributed by atoms with Crippen molar-refractivity contribution in [3.8, 4) is 11.5 Å². The molecule has 7 heterocycles. The van der Waals surface area contributed by atoms with Gasteiger partial charge in [0.15, 0.2) is 5.82 Å². The number of aliphatic imine (C=N–C) groups is 1. The van der Waals surface area contributed by atoms with E-state index in [-0.39, 0.29) is 41.8 Å². The van der Waals surface area contributed by atoms with Crippen LogP contribution in [0.25, 0.3) is 11.5 Å². The molecule has 5 amide bonds. The van der Waals surface area contributed by atoms with Crippen LogP contribution >= 0.6 is 0 Å². The van der Waals surface area contributed by atoms with Crippen LogP contribution in [0.1, 0.15) is 60.2 Å². The molecule has 16 heteroatoms. The first kappa shape index (κ1) is 35.3. The zero-order valence-electron chi connectivity index (χ0n) is 30.6. The molecule has 280 valence electrons. The van der Waals surface area contributed by atoms with Crippen LogP contribution in [0.4, 0.5) is 11.5 Å². The molecule has 1 aromatic carbocycles. The van der Waals surface area contributed by atoms with E-state index in [1.807, 2.05) is 42.8 Å². The van der Waals surface area contributed by atoms with Gasteiger partial charge in [-0.2, -0.15) is 0 Å². The van der Waals surface area contributed by atoms with Crippen LogP contribution in [0.2, 0.25) is 0 Å². The third kappa shape index (κ3) is 6.23. The molecular formula is C38H43N11O5. The minimum Gasteiger partial charge on any atom is -0.383 e. The summed E-state index contributed by atoms with van der Waals surface area (Å²) in [5.74, 6) is -0.311. The van der Waals surface area contributed by atoms with Crippen molar-refractivity contribution >= 4 is 46.9 Å². The zero-order valence-corrected chi connectivity index (χ0v) is 30.6. The summed E-state index contributed by atoms with van der Waals surface area (Å²) in [6, 6.07) is 9.76. The minimum atomic E-state index is -1.03. The number of anilines is 2. The Balaban J connectivity index is 0.975. The first-order chi connectivity index (χ1) is 26.1. The maximum Gasteiger partial charge on any atom is 0.264 e. The molecule has 0 radical (unpaired) electrons. The highest BCUT2D eigenvalue weighted by Crippen LogP contribution is 2.37. The third-order valence-corrected chi connectivity index (χ3v) is 11.1. The lowest BCUT2D eigenvalue weighted by Gasteiger charge is -2.33. The van der Waals surface area contributed by atoms with Crippen molar-refractivity contribution in [2.24, 2.45) is 10.9 Å². The summed E-state index contributed by atoms with van der Waals surface area (Å²) in [5, 5.41) is 13.9. The lowest BCUT2D eigenvalue weighted by Crippen LogP contribution is -2.54. The Labute approximate surface area is 312 Å². The van der Waals surface area contributed by atoms with E-state index in [2.05, 4.69) is 37.6 Å². The number of likely N-dealkylation sites (N-methyl/N-ethyl adjacent to an activating group) is 1. The first-order valence-electron chi connectivity index (χ1n) is 18.6. The molecule has 3 fully saturated rings.